The van der Waals surface area contributed by atoms with Crippen LogP contribution in [0.1, 0.15) is 11.1 Å². The molecule has 2 aromatic rings. The Kier molecular flexibility index (Phi) is 5.05. The highest BCUT2D eigenvalue weighted by Crippen LogP contribution is 2.21. The van der Waals surface area contributed by atoms with E-state index in [0.717, 1.165) is 5.56 Å². The van der Waals surface area contributed by atoms with E-state index in [1.165, 1.54) is 6.07 Å². The highest BCUT2D eigenvalue weighted by Gasteiger charge is 2.15. The van der Waals surface area contributed by atoms with Crippen LogP contribution in [-0.4, -0.2) is 27.2 Å². The molecule has 0 amide bonds. The third-order valence-electron chi connectivity index (χ3n) is 3.35. The highest BCUT2D eigenvalue weighted by atomic mass is 32.2. The molecular weight excluding hydrogens is 302 g/mol. The van der Waals surface area contributed by atoms with Crippen LogP contribution in [0, 0.1) is 6.92 Å². The zero-order valence-electron chi connectivity index (χ0n) is 12.5. The maximum Gasteiger partial charge on any atom is 0.240 e. The van der Waals surface area contributed by atoms with E-state index in [4.69, 9.17) is 4.74 Å². The summed E-state index contributed by atoms with van der Waals surface area (Å²) in [5, 5.41) is 9.66. The number of benzene rings is 2. The Morgan fingerprint density at radius 3 is 2.55 bits per heavy atom. The van der Waals surface area contributed by atoms with Gasteiger partial charge in [-0.15, -0.1) is 0 Å². The molecule has 0 heterocycles. The number of ether oxygens (including phenoxy) is 1. The molecule has 0 saturated carbocycles. The van der Waals surface area contributed by atoms with Crippen LogP contribution in [0.3, 0.4) is 0 Å². The molecule has 0 aliphatic carbocycles. The van der Waals surface area contributed by atoms with Crippen molar-refractivity contribution in [3.8, 4) is 11.5 Å². The molecule has 2 aromatic carbocycles. The molecule has 0 radical (unpaired) electrons. The van der Waals surface area contributed by atoms with Crippen molar-refractivity contribution in [2.75, 3.05) is 13.7 Å². The van der Waals surface area contributed by atoms with Crippen molar-refractivity contribution in [2.24, 2.45) is 0 Å². The van der Waals surface area contributed by atoms with E-state index in [2.05, 4.69) is 4.72 Å². The fourth-order valence-corrected chi connectivity index (χ4v) is 3.26. The zero-order valence-corrected chi connectivity index (χ0v) is 13.4. The molecule has 0 aliphatic rings. The first-order valence-electron chi connectivity index (χ1n) is 6.85. The largest absolute Gasteiger partial charge is 0.508 e. The van der Waals surface area contributed by atoms with Gasteiger partial charge < -0.3 is 9.84 Å². The minimum absolute atomic E-state index is 0.169. The molecule has 5 nitrogen and oxygen atoms in total. The van der Waals surface area contributed by atoms with Gasteiger partial charge in [-0.2, -0.15) is 0 Å². The van der Waals surface area contributed by atoms with Gasteiger partial charge in [-0.3, -0.25) is 0 Å². The predicted molar refractivity (Wildman–Crippen MR) is 84.7 cm³/mol. The third kappa shape index (κ3) is 3.78. The van der Waals surface area contributed by atoms with E-state index in [9.17, 15) is 13.5 Å². The van der Waals surface area contributed by atoms with E-state index in [1.54, 1.807) is 50.4 Å². The van der Waals surface area contributed by atoms with Crippen LogP contribution in [0.4, 0.5) is 0 Å². The average Bonchev–Trinajstić information content (AvgIpc) is 2.49. The van der Waals surface area contributed by atoms with Crippen molar-refractivity contribution < 1.29 is 18.3 Å². The van der Waals surface area contributed by atoms with Crippen LogP contribution in [-0.2, 0) is 16.4 Å². The first-order chi connectivity index (χ1) is 10.4. The fraction of sp³-hybridized carbons (Fsp3) is 0.250. The van der Waals surface area contributed by atoms with E-state index in [1.807, 2.05) is 0 Å². The molecule has 0 atom stereocenters. The molecule has 22 heavy (non-hydrogen) atoms. The second-order valence-electron chi connectivity index (χ2n) is 4.91. The van der Waals surface area contributed by atoms with Crippen molar-refractivity contribution in [1.29, 1.82) is 0 Å². The molecule has 0 aromatic heterocycles. The number of hydrogen-bond acceptors (Lipinski definition) is 4. The Bertz CT molecular complexity index is 756. The van der Waals surface area contributed by atoms with Crippen LogP contribution in [0.25, 0.3) is 0 Å². The van der Waals surface area contributed by atoms with Crippen molar-refractivity contribution in [3.63, 3.8) is 0 Å². The first-order valence-corrected chi connectivity index (χ1v) is 8.33. The molecule has 0 saturated heterocycles. The van der Waals surface area contributed by atoms with Crippen LogP contribution in [0.2, 0.25) is 0 Å². The summed E-state index contributed by atoms with van der Waals surface area (Å²) in [6, 6.07) is 11.6. The Morgan fingerprint density at radius 1 is 1.18 bits per heavy atom. The monoisotopic (exact) mass is 321 g/mol. The number of aryl methyl sites for hydroxylation is 1. The molecule has 0 unspecified atom stereocenters. The van der Waals surface area contributed by atoms with Gasteiger partial charge in [-0.05, 0) is 48.7 Å². The lowest BCUT2D eigenvalue weighted by Gasteiger charge is -2.10. The Morgan fingerprint density at radius 2 is 1.91 bits per heavy atom. The number of para-hydroxylation sites is 1. The van der Waals surface area contributed by atoms with Crippen molar-refractivity contribution in [2.45, 2.75) is 18.2 Å². The Balaban J connectivity index is 2.05. The summed E-state index contributed by atoms with van der Waals surface area (Å²) in [7, 11) is -2.04. The van der Waals surface area contributed by atoms with Gasteiger partial charge in [0.2, 0.25) is 10.0 Å². The lowest BCUT2D eigenvalue weighted by atomic mass is 10.1. The molecule has 6 heteroatoms. The van der Waals surface area contributed by atoms with Crippen molar-refractivity contribution in [1.82, 2.24) is 4.72 Å². The summed E-state index contributed by atoms with van der Waals surface area (Å²) in [5.41, 5.74) is 1.46. The summed E-state index contributed by atoms with van der Waals surface area (Å²) in [6.45, 7) is 2.00. The lowest BCUT2D eigenvalue weighted by Crippen LogP contribution is -2.26. The van der Waals surface area contributed by atoms with Crippen LogP contribution in [0.5, 0.6) is 11.5 Å². The second kappa shape index (κ2) is 6.81. The van der Waals surface area contributed by atoms with Crippen LogP contribution in [0.15, 0.2) is 47.4 Å². The van der Waals surface area contributed by atoms with Gasteiger partial charge in [0.1, 0.15) is 11.5 Å². The number of phenolic OH excluding ortho intramolecular Hbond substituents is 1. The molecule has 0 bridgehead atoms. The smallest absolute Gasteiger partial charge is 0.240 e. The predicted octanol–water partition coefficient (Wildman–Crippen LogP) is 2.23. The van der Waals surface area contributed by atoms with Gasteiger partial charge in [0, 0.05) is 6.54 Å². The molecule has 0 spiro atoms. The minimum Gasteiger partial charge on any atom is -0.508 e. The summed E-state index contributed by atoms with van der Waals surface area (Å²) in [5.74, 6) is 0.815. The van der Waals surface area contributed by atoms with Gasteiger partial charge in [0.05, 0.1) is 12.0 Å². The summed E-state index contributed by atoms with van der Waals surface area (Å²) in [4.78, 5) is 0.197. The average molecular weight is 321 g/mol. The number of aromatic hydroxyl groups is 1. The van der Waals surface area contributed by atoms with Gasteiger partial charge in [0.25, 0.3) is 0 Å². The minimum atomic E-state index is -3.58. The second-order valence-corrected chi connectivity index (χ2v) is 6.67. The topological polar surface area (TPSA) is 75.6 Å². The van der Waals surface area contributed by atoms with E-state index in [0.29, 0.717) is 17.7 Å². The Labute approximate surface area is 130 Å². The summed E-state index contributed by atoms with van der Waals surface area (Å²) in [6.07, 6.45) is 0.418. The van der Waals surface area contributed by atoms with E-state index >= 15 is 0 Å². The lowest BCUT2D eigenvalue weighted by molar-refractivity contribution is 0.411. The molecule has 2 N–H and O–H groups in total. The third-order valence-corrected chi connectivity index (χ3v) is 4.81. The fourth-order valence-electron chi connectivity index (χ4n) is 2.14. The van der Waals surface area contributed by atoms with Gasteiger partial charge in [0.15, 0.2) is 0 Å². The van der Waals surface area contributed by atoms with E-state index in [-0.39, 0.29) is 17.2 Å². The first kappa shape index (κ1) is 16.3. The van der Waals surface area contributed by atoms with Crippen molar-refractivity contribution >= 4 is 10.0 Å². The number of methoxy groups -OCH3 is 1. The normalized spacial score (nSPS) is 11.4. The molecular formula is C16H19NO4S. The van der Waals surface area contributed by atoms with Gasteiger partial charge >= 0.3 is 0 Å². The molecule has 0 aliphatic heterocycles. The molecule has 118 valence electrons. The maximum absolute atomic E-state index is 12.2. The number of phenols is 1. The Hall–Kier alpha value is -2.05. The van der Waals surface area contributed by atoms with Crippen LogP contribution >= 0.6 is 0 Å². The number of sulfonamides is 1. The molecule has 0 fully saturated rings. The number of nitrogens with one attached hydrogen (secondary N) is 1. The SMILES string of the molecule is COc1ccc(S(=O)(=O)NCCc2ccccc2O)cc1C. The summed E-state index contributed by atoms with van der Waals surface area (Å²) >= 11 is 0. The maximum atomic E-state index is 12.2. The quantitative estimate of drug-likeness (QED) is 0.855. The zero-order chi connectivity index (χ0) is 16.2. The number of hydrogen-bond donors (Lipinski definition) is 2. The van der Waals surface area contributed by atoms with E-state index < -0.39 is 10.0 Å². The van der Waals surface area contributed by atoms with Gasteiger partial charge in [-0.1, -0.05) is 18.2 Å². The van der Waals surface area contributed by atoms with Gasteiger partial charge in [-0.25, -0.2) is 13.1 Å². The number of rotatable bonds is 6. The summed E-state index contributed by atoms with van der Waals surface area (Å²) < 4.78 is 32.1. The van der Waals surface area contributed by atoms with Crippen molar-refractivity contribution in [3.05, 3.63) is 53.6 Å². The highest BCUT2D eigenvalue weighted by molar-refractivity contribution is 7.89. The standard InChI is InChI=1S/C16H19NO4S/c1-12-11-14(7-8-16(12)21-2)22(19,20)17-10-9-13-5-3-4-6-15(13)18/h3-8,11,17-18H,9-10H2,1-2H3. The molecule has 2 rings (SSSR count). The van der Waals surface area contributed by atoms with Crippen LogP contribution < -0.4 is 9.46 Å².